The second-order valence-corrected chi connectivity index (χ2v) is 12.0. The maximum absolute atomic E-state index is 12.2. The van der Waals surface area contributed by atoms with Crippen molar-refractivity contribution in [3.05, 3.63) is 59.4 Å². The van der Waals surface area contributed by atoms with Crippen molar-refractivity contribution in [3.8, 4) is 0 Å². The number of allylic oxidation sites excluding steroid dienone is 6. The van der Waals surface area contributed by atoms with Crippen LogP contribution in [0.1, 0.15) is 79.6 Å². The normalized spacial score (nSPS) is 38.3. The Morgan fingerprint density at radius 1 is 1.34 bits per heavy atom. The fraction of sp³-hybridized carbons (Fsp3) is 0.613. The lowest BCUT2D eigenvalue weighted by atomic mass is 9.51. The average molecular weight is 479 g/mol. The van der Waals surface area contributed by atoms with Gasteiger partial charge in [0.2, 0.25) is 0 Å². The first-order chi connectivity index (χ1) is 16.4. The molecule has 2 saturated carbocycles. The predicted molar refractivity (Wildman–Crippen MR) is 139 cm³/mol. The van der Waals surface area contributed by atoms with E-state index in [1.165, 1.54) is 23.8 Å². The quantitative estimate of drug-likeness (QED) is 0.298. The molecule has 0 amide bonds. The summed E-state index contributed by atoms with van der Waals surface area (Å²) in [7, 11) is 1.47. The van der Waals surface area contributed by atoms with Crippen molar-refractivity contribution in [2.45, 2.75) is 79.6 Å². The zero-order valence-corrected chi connectivity index (χ0v) is 22.5. The first-order valence-electron chi connectivity index (χ1n) is 13.1. The molecule has 6 atom stereocenters. The van der Waals surface area contributed by atoms with Crippen LogP contribution in [0, 0.1) is 34.0 Å². The molecule has 0 aromatic carbocycles. The Hall–Kier alpha value is -2.36. The van der Waals surface area contributed by atoms with Crippen molar-refractivity contribution in [2.75, 3.05) is 7.11 Å². The summed E-state index contributed by atoms with van der Waals surface area (Å²) in [5, 5.41) is 0. The van der Waals surface area contributed by atoms with E-state index in [2.05, 4.69) is 53.0 Å². The van der Waals surface area contributed by atoms with Crippen LogP contribution in [0.3, 0.4) is 0 Å². The Bertz CT molecular complexity index is 1060. The Morgan fingerprint density at radius 3 is 2.66 bits per heavy atom. The van der Waals surface area contributed by atoms with Crippen molar-refractivity contribution in [1.29, 1.82) is 0 Å². The minimum Gasteiger partial charge on any atom is -0.469 e. The molecule has 4 rings (SSSR count). The van der Waals surface area contributed by atoms with Crippen LogP contribution >= 0.6 is 0 Å². The summed E-state index contributed by atoms with van der Waals surface area (Å²) in [6.45, 7) is 20.0. The largest absolute Gasteiger partial charge is 0.469 e. The van der Waals surface area contributed by atoms with Crippen LogP contribution in [0.5, 0.6) is 0 Å². The second kappa shape index (κ2) is 8.94. The van der Waals surface area contributed by atoms with Gasteiger partial charge in [-0.25, -0.2) is 4.79 Å². The number of carbonyl (C=O) groups excluding carboxylic acids is 2. The van der Waals surface area contributed by atoms with Gasteiger partial charge in [-0.2, -0.15) is 0 Å². The molecule has 0 bridgehead atoms. The molecule has 1 spiro atoms. The molecular weight excluding hydrogens is 436 g/mol. The van der Waals surface area contributed by atoms with Crippen molar-refractivity contribution in [1.82, 2.24) is 0 Å². The number of esters is 2. The van der Waals surface area contributed by atoms with Crippen LogP contribution in [-0.2, 0) is 19.1 Å². The monoisotopic (exact) mass is 478 g/mol. The minimum absolute atomic E-state index is 0.0201. The second-order valence-electron chi connectivity index (χ2n) is 12.0. The standard InChI is InChI=1S/C31H42O4/c1-19(2)24-9-10-26-25(29(24,6)14-13-27(32)34-8)12-16-31(26)21(4)11-15-30(31,7)22(5)18-23-17-20(3)28(33)35-23/h10,17-18,22,24-25H,1,4,9,11-16H2,2-3,5-8H3/b23-18-/t22-,24+,25+,29+,30+,31+/m1/s1. The third kappa shape index (κ3) is 3.79. The summed E-state index contributed by atoms with van der Waals surface area (Å²) in [4.78, 5) is 24.1. The molecule has 3 aliphatic carbocycles. The number of fused-ring (bicyclic) bond motifs is 2. The summed E-state index contributed by atoms with van der Waals surface area (Å²) < 4.78 is 10.5. The molecule has 0 aromatic heterocycles. The van der Waals surface area contributed by atoms with E-state index in [0.717, 1.165) is 38.5 Å². The van der Waals surface area contributed by atoms with E-state index in [1.54, 1.807) is 6.92 Å². The Balaban J connectivity index is 1.74. The van der Waals surface area contributed by atoms with E-state index in [1.807, 2.05) is 6.08 Å². The van der Waals surface area contributed by atoms with E-state index in [-0.39, 0.29) is 34.1 Å². The number of hydrogen-bond donors (Lipinski definition) is 0. The zero-order valence-electron chi connectivity index (χ0n) is 22.5. The number of rotatable bonds is 6. The molecule has 0 unspecified atom stereocenters. The predicted octanol–water partition coefficient (Wildman–Crippen LogP) is 7.24. The molecule has 0 radical (unpaired) electrons. The van der Waals surface area contributed by atoms with Gasteiger partial charge < -0.3 is 9.47 Å². The highest BCUT2D eigenvalue weighted by Gasteiger charge is 2.64. The summed E-state index contributed by atoms with van der Waals surface area (Å²) in [6.07, 6.45) is 13.0. The Labute approximate surface area is 211 Å². The number of carbonyl (C=O) groups is 2. The minimum atomic E-state index is -0.248. The Morgan fingerprint density at radius 2 is 2.06 bits per heavy atom. The third-order valence-electron chi connectivity index (χ3n) is 10.4. The smallest absolute Gasteiger partial charge is 0.339 e. The topological polar surface area (TPSA) is 52.6 Å². The summed E-state index contributed by atoms with van der Waals surface area (Å²) in [5.41, 5.74) is 4.61. The van der Waals surface area contributed by atoms with Crippen LogP contribution < -0.4 is 0 Å². The molecular formula is C31H42O4. The molecule has 0 N–H and O–H groups in total. The fourth-order valence-corrected chi connectivity index (χ4v) is 8.16. The lowest BCUT2D eigenvalue weighted by Crippen LogP contribution is -2.45. The number of ether oxygens (including phenoxy) is 2. The van der Waals surface area contributed by atoms with Crippen LogP contribution in [0.15, 0.2) is 59.4 Å². The van der Waals surface area contributed by atoms with Gasteiger partial charge in [0, 0.05) is 17.4 Å². The van der Waals surface area contributed by atoms with Crippen molar-refractivity contribution < 1.29 is 19.1 Å². The first kappa shape index (κ1) is 25.7. The van der Waals surface area contributed by atoms with Crippen molar-refractivity contribution in [2.24, 2.45) is 34.0 Å². The number of hydrogen-bond acceptors (Lipinski definition) is 4. The van der Waals surface area contributed by atoms with E-state index in [9.17, 15) is 9.59 Å². The van der Waals surface area contributed by atoms with E-state index < -0.39 is 0 Å². The lowest BCUT2D eigenvalue weighted by Gasteiger charge is -2.52. The van der Waals surface area contributed by atoms with Crippen molar-refractivity contribution in [3.63, 3.8) is 0 Å². The van der Waals surface area contributed by atoms with Gasteiger partial charge >= 0.3 is 11.9 Å². The van der Waals surface area contributed by atoms with Crippen LogP contribution in [-0.4, -0.2) is 19.0 Å². The first-order valence-corrected chi connectivity index (χ1v) is 13.1. The van der Waals surface area contributed by atoms with Gasteiger partial charge in [-0.05, 0) is 93.1 Å². The lowest BCUT2D eigenvalue weighted by molar-refractivity contribution is -0.141. The third-order valence-corrected chi connectivity index (χ3v) is 10.4. The van der Waals surface area contributed by atoms with Crippen molar-refractivity contribution >= 4 is 11.9 Å². The molecule has 0 aromatic rings. The fourth-order valence-electron chi connectivity index (χ4n) is 8.16. The molecule has 1 heterocycles. The van der Waals surface area contributed by atoms with Crippen LogP contribution in [0.4, 0.5) is 0 Å². The van der Waals surface area contributed by atoms with Crippen LogP contribution in [0.2, 0.25) is 0 Å². The molecule has 4 nitrogen and oxygen atoms in total. The van der Waals surface area contributed by atoms with Gasteiger partial charge in [-0.15, -0.1) is 0 Å². The summed E-state index contributed by atoms with van der Waals surface area (Å²) in [5.74, 6) is 1.24. The summed E-state index contributed by atoms with van der Waals surface area (Å²) >= 11 is 0. The molecule has 4 aliphatic rings. The average Bonchev–Trinajstić information content (AvgIpc) is 3.44. The zero-order chi connectivity index (χ0) is 25.8. The molecule has 1 aliphatic heterocycles. The molecule has 2 fully saturated rings. The molecule has 190 valence electrons. The highest BCUT2D eigenvalue weighted by atomic mass is 16.5. The number of cyclic esters (lactones) is 1. The molecule has 35 heavy (non-hydrogen) atoms. The van der Waals surface area contributed by atoms with Gasteiger partial charge in [0.1, 0.15) is 5.76 Å². The summed E-state index contributed by atoms with van der Waals surface area (Å²) in [6, 6.07) is 0. The highest BCUT2D eigenvalue weighted by Crippen LogP contribution is 2.73. The van der Waals surface area contributed by atoms with E-state index in [4.69, 9.17) is 9.47 Å². The van der Waals surface area contributed by atoms with Crippen LogP contribution in [0.25, 0.3) is 0 Å². The molecule has 0 saturated heterocycles. The van der Waals surface area contributed by atoms with E-state index in [0.29, 0.717) is 29.6 Å². The van der Waals surface area contributed by atoms with Gasteiger partial charge in [0.15, 0.2) is 0 Å². The van der Waals surface area contributed by atoms with E-state index >= 15 is 0 Å². The van der Waals surface area contributed by atoms with Gasteiger partial charge in [0.05, 0.1) is 7.11 Å². The van der Waals surface area contributed by atoms with Gasteiger partial charge in [0.25, 0.3) is 0 Å². The maximum atomic E-state index is 12.2. The maximum Gasteiger partial charge on any atom is 0.339 e. The highest BCUT2D eigenvalue weighted by molar-refractivity contribution is 5.92. The molecule has 4 heteroatoms. The Kier molecular flexibility index (Phi) is 6.57. The van der Waals surface area contributed by atoms with Gasteiger partial charge in [-0.3, -0.25) is 4.79 Å². The van der Waals surface area contributed by atoms with Gasteiger partial charge in [-0.1, -0.05) is 56.7 Å². The SMILES string of the molecule is C=C(C)[C@@H]1CC=C2[C@H](CC[C@]23C(=C)CC[C@@]3(C)[C@H](C)/C=C2/C=C(C)C(=O)O2)[C@@]1(C)CCC(=O)OC. The number of methoxy groups -OCH3 is 1.